The van der Waals surface area contributed by atoms with E-state index in [0.717, 1.165) is 5.56 Å². The van der Waals surface area contributed by atoms with Crippen molar-refractivity contribution in [2.45, 2.75) is 196 Å². The molecular formula is C51H82N4O12. The molecule has 0 aliphatic rings. The molecule has 1 aromatic rings. The predicted molar refractivity (Wildman–Crippen MR) is 257 cm³/mol. The van der Waals surface area contributed by atoms with Crippen molar-refractivity contribution in [1.29, 1.82) is 0 Å². The van der Waals surface area contributed by atoms with Gasteiger partial charge >= 0.3 is 24.0 Å². The zero-order valence-corrected chi connectivity index (χ0v) is 43.8. The van der Waals surface area contributed by atoms with Gasteiger partial charge in [-0.15, -0.1) is 0 Å². The lowest BCUT2D eigenvalue weighted by Crippen LogP contribution is -2.63. The minimum absolute atomic E-state index is 0.124. The fourth-order valence-electron chi connectivity index (χ4n) is 7.32. The van der Waals surface area contributed by atoms with Gasteiger partial charge in [-0.1, -0.05) is 84.9 Å². The van der Waals surface area contributed by atoms with Gasteiger partial charge in [0.25, 0.3) is 0 Å². The van der Waals surface area contributed by atoms with Crippen LogP contribution in [0.5, 0.6) is 0 Å². The fourth-order valence-corrected chi connectivity index (χ4v) is 7.32. The highest BCUT2D eigenvalue weighted by atomic mass is 16.6. The van der Waals surface area contributed by atoms with E-state index in [-0.39, 0.29) is 43.6 Å². The number of benzene rings is 1. The van der Waals surface area contributed by atoms with Gasteiger partial charge < -0.3 is 34.9 Å². The molecule has 378 valence electrons. The number of ketones is 1. The third-order valence-corrected chi connectivity index (χ3v) is 10.8. The highest BCUT2D eigenvalue weighted by molar-refractivity contribution is 5.96. The van der Waals surface area contributed by atoms with Crippen LogP contribution in [0.3, 0.4) is 0 Å². The normalized spacial score (nSPS) is 15.0. The number of carbonyl (C=O) groups excluding carboxylic acids is 7. The van der Waals surface area contributed by atoms with E-state index < -0.39 is 105 Å². The van der Waals surface area contributed by atoms with Gasteiger partial charge in [-0.25, -0.2) is 9.59 Å². The highest BCUT2D eigenvalue weighted by Crippen LogP contribution is 2.33. The van der Waals surface area contributed by atoms with E-state index in [1.54, 1.807) is 75.4 Å². The fraction of sp³-hybridized carbons (Fsp3) is 0.686. The molecule has 67 heavy (non-hydrogen) atoms. The molecule has 3 N–H and O–H groups in total. The third-order valence-electron chi connectivity index (χ3n) is 10.8. The lowest BCUT2D eigenvalue weighted by molar-refractivity contribution is -0.162. The van der Waals surface area contributed by atoms with Crippen molar-refractivity contribution in [1.82, 2.24) is 20.4 Å². The van der Waals surface area contributed by atoms with Gasteiger partial charge in [0, 0.05) is 44.3 Å². The van der Waals surface area contributed by atoms with E-state index in [1.807, 2.05) is 78.8 Å². The van der Waals surface area contributed by atoms with Crippen molar-refractivity contribution in [3.8, 4) is 0 Å². The lowest BCUT2D eigenvalue weighted by Gasteiger charge is -2.42. The molecule has 0 heterocycles. The van der Waals surface area contributed by atoms with Gasteiger partial charge in [-0.2, -0.15) is 0 Å². The zero-order chi connectivity index (χ0) is 52.2. The standard InChI is InChI=1S/C51H82N4O12/c1-31(2)37(29-32(3)41(59)52-36(45(63)66-49(10,11)12)27-26-35(56)30-33(25-28-38(57)58)44(62)65-48(7,8)9)54(18)43(61)39(47(4,5)6)53-42(60)40(55(19)46(64)67-50(13,14)15)51(16,17)34-23-21-20-22-24-34/h20-24,29,31,33,36-37,39-40H,25-28,30H2,1-19H3,(H,52,59)(H,53,60)(H,57,58)/b32-29+/t33-,36+,37+,39+,40+/m0/s1. The molecule has 0 aliphatic carbocycles. The second-order valence-corrected chi connectivity index (χ2v) is 22.4. The molecule has 4 amide bonds. The molecule has 16 nitrogen and oxygen atoms in total. The summed E-state index contributed by atoms with van der Waals surface area (Å²) in [6, 6.07) is 5.05. The second-order valence-electron chi connectivity index (χ2n) is 22.4. The molecule has 0 spiro atoms. The average Bonchev–Trinajstić information content (AvgIpc) is 3.15. The Hall–Kier alpha value is -5.28. The molecule has 0 radical (unpaired) electrons. The average molecular weight is 943 g/mol. The van der Waals surface area contributed by atoms with Gasteiger partial charge in [0.15, 0.2) is 0 Å². The third kappa shape index (κ3) is 20.2. The number of carboxylic acids is 1. The van der Waals surface area contributed by atoms with Crippen LogP contribution in [0.15, 0.2) is 42.0 Å². The van der Waals surface area contributed by atoms with Gasteiger partial charge in [-0.3, -0.25) is 33.7 Å². The van der Waals surface area contributed by atoms with Crippen molar-refractivity contribution in [3.63, 3.8) is 0 Å². The van der Waals surface area contributed by atoms with Crippen LogP contribution in [0.1, 0.15) is 155 Å². The van der Waals surface area contributed by atoms with E-state index in [0.29, 0.717) is 0 Å². The number of carbonyl (C=O) groups is 8. The number of nitrogens with zero attached hydrogens (tertiary/aromatic N) is 2. The largest absolute Gasteiger partial charge is 0.481 e. The Bertz CT molecular complexity index is 1930. The summed E-state index contributed by atoms with van der Waals surface area (Å²) in [6.07, 6.45) is -0.354. The molecule has 1 aromatic carbocycles. The summed E-state index contributed by atoms with van der Waals surface area (Å²) in [5.74, 6) is -6.06. The SMILES string of the molecule is C/C(=C\[C@H](C(C)C)N(C)C(=O)[C@@H](NC(=O)[C@@H](N(C)C(=O)OC(C)(C)C)C(C)(C)c1ccccc1)C(C)(C)C)C(=O)N[C@H](CCC(=O)C[C@H](CCC(=O)O)C(=O)OC(C)(C)C)C(=O)OC(C)(C)C. The summed E-state index contributed by atoms with van der Waals surface area (Å²) in [6.45, 7) is 29.5. The second kappa shape index (κ2) is 24.1. The highest BCUT2D eigenvalue weighted by Gasteiger charge is 2.46. The number of hydrogen-bond acceptors (Lipinski definition) is 11. The molecule has 0 unspecified atom stereocenters. The van der Waals surface area contributed by atoms with Crippen LogP contribution in [0.2, 0.25) is 0 Å². The van der Waals surface area contributed by atoms with E-state index in [1.165, 1.54) is 23.8 Å². The summed E-state index contributed by atoms with van der Waals surface area (Å²) in [4.78, 5) is 111. The molecule has 0 aromatic heterocycles. The summed E-state index contributed by atoms with van der Waals surface area (Å²) in [5, 5.41) is 14.9. The lowest BCUT2D eigenvalue weighted by atomic mass is 9.76. The number of likely N-dealkylation sites (N-methyl/N-ethyl adjacent to an activating group) is 2. The quantitative estimate of drug-likeness (QED) is 0.0619. The first-order valence-electron chi connectivity index (χ1n) is 23.1. The van der Waals surface area contributed by atoms with Crippen molar-refractivity contribution < 1.29 is 57.7 Å². The number of nitrogens with one attached hydrogen (secondary N) is 2. The van der Waals surface area contributed by atoms with E-state index >= 15 is 0 Å². The zero-order valence-electron chi connectivity index (χ0n) is 43.8. The molecule has 1 rings (SSSR count). The Labute approximate surface area is 399 Å². The minimum Gasteiger partial charge on any atom is -0.481 e. The van der Waals surface area contributed by atoms with Crippen LogP contribution in [-0.2, 0) is 53.2 Å². The number of rotatable bonds is 21. The molecule has 16 heteroatoms. The van der Waals surface area contributed by atoms with Crippen LogP contribution in [-0.4, -0.2) is 117 Å². The van der Waals surface area contributed by atoms with Gasteiger partial charge in [-0.05, 0) is 99.0 Å². The Morgan fingerprint density at radius 3 is 1.66 bits per heavy atom. The Morgan fingerprint density at radius 1 is 0.687 bits per heavy atom. The van der Waals surface area contributed by atoms with Crippen LogP contribution in [0, 0.1) is 17.3 Å². The Kier molecular flexibility index (Phi) is 21.5. The number of Topliss-reactive ketones (excluding diaryl/α,β-unsaturated/α-hetero) is 1. The summed E-state index contributed by atoms with van der Waals surface area (Å²) in [7, 11) is 3.07. The van der Waals surface area contributed by atoms with E-state index in [2.05, 4.69) is 10.6 Å². The first kappa shape index (κ1) is 59.7. The summed E-state index contributed by atoms with van der Waals surface area (Å²) < 4.78 is 16.7. The molecule has 0 aliphatic heterocycles. The molecule has 0 saturated carbocycles. The van der Waals surface area contributed by atoms with Crippen molar-refractivity contribution >= 4 is 47.5 Å². The Balaban J connectivity index is 3.55. The van der Waals surface area contributed by atoms with Crippen molar-refractivity contribution in [2.75, 3.05) is 14.1 Å². The molecule has 0 bridgehead atoms. The predicted octanol–water partition coefficient (Wildman–Crippen LogP) is 7.55. The van der Waals surface area contributed by atoms with Crippen LogP contribution < -0.4 is 10.6 Å². The monoisotopic (exact) mass is 943 g/mol. The molecule has 5 atom stereocenters. The smallest absolute Gasteiger partial charge is 0.410 e. The van der Waals surface area contributed by atoms with Gasteiger partial charge in [0.05, 0.1) is 12.0 Å². The number of amides is 4. The van der Waals surface area contributed by atoms with Gasteiger partial charge in [0.2, 0.25) is 17.7 Å². The maximum atomic E-state index is 14.7. The number of carboxylic acid groups (broad SMARTS) is 1. The maximum absolute atomic E-state index is 14.7. The minimum atomic E-state index is -1.29. The summed E-state index contributed by atoms with van der Waals surface area (Å²) in [5.41, 5.74) is -3.53. The van der Waals surface area contributed by atoms with Gasteiger partial charge in [0.1, 0.15) is 40.7 Å². The molecule has 0 saturated heterocycles. The van der Waals surface area contributed by atoms with Crippen molar-refractivity contribution in [2.24, 2.45) is 17.3 Å². The maximum Gasteiger partial charge on any atom is 0.410 e. The van der Waals surface area contributed by atoms with Crippen LogP contribution in [0.25, 0.3) is 0 Å². The van der Waals surface area contributed by atoms with Crippen LogP contribution >= 0.6 is 0 Å². The van der Waals surface area contributed by atoms with E-state index in [9.17, 15) is 43.5 Å². The topological polar surface area (TPSA) is 215 Å². The Morgan fingerprint density at radius 2 is 1.19 bits per heavy atom. The van der Waals surface area contributed by atoms with Crippen LogP contribution in [0.4, 0.5) is 4.79 Å². The number of hydrogen-bond donors (Lipinski definition) is 3. The number of esters is 2. The summed E-state index contributed by atoms with van der Waals surface area (Å²) >= 11 is 0. The number of ether oxygens (including phenoxy) is 3. The first-order valence-corrected chi connectivity index (χ1v) is 23.1. The van der Waals surface area contributed by atoms with Crippen molar-refractivity contribution in [3.05, 3.63) is 47.5 Å². The first-order chi connectivity index (χ1) is 30.3. The molecular weight excluding hydrogens is 861 g/mol. The molecule has 0 fully saturated rings. The van der Waals surface area contributed by atoms with E-state index in [4.69, 9.17) is 14.2 Å². The number of aliphatic carboxylic acids is 1.